The number of ketones is 1. The number of hydrogen-bond acceptors (Lipinski definition) is 8. The van der Waals surface area contributed by atoms with Gasteiger partial charge in [0, 0.05) is 30.1 Å². The Labute approximate surface area is 195 Å². The van der Waals surface area contributed by atoms with Gasteiger partial charge in [0.15, 0.2) is 5.78 Å². The van der Waals surface area contributed by atoms with Crippen molar-refractivity contribution in [3.63, 3.8) is 0 Å². The first kappa shape index (κ1) is 24.6. The number of thiazole rings is 1. The van der Waals surface area contributed by atoms with Crippen molar-refractivity contribution in [2.45, 2.75) is 32.0 Å². The maximum absolute atomic E-state index is 13.0. The average Bonchev–Trinajstić information content (AvgIpc) is 3.24. The molecule has 0 aliphatic carbocycles. The van der Waals surface area contributed by atoms with Crippen LogP contribution in [0.25, 0.3) is 0 Å². The summed E-state index contributed by atoms with van der Waals surface area (Å²) >= 11 is 6.62. The zero-order valence-electron chi connectivity index (χ0n) is 17.1. The van der Waals surface area contributed by atoms with Crippen molar-refractivity contribution >= 4 is 46.1 Å². The summed E-state index contributed by atoms with van der Waals surface area (Å²) in [6, 6.07) is 3.08. The van der Waals surface area contributed by atoms with Crippen LogP contribution in [0.2, 0.25) is 5.02 Å². The highest BCUT2D eigenvalue weighted by Crippen LogP contribution is 2.36. The second-order valence-corrected chi connectivity index (χ2v) is 8.50. The molecule has 1 amide bonds. The number of carbonyl (C=O) groups excluding carboxylic acids is 2. The predicted molar refractivity (Wildman–Crippen MR) is 118 cm³/mol. The van der Waals surface area contributed by atoms with E-state index in [1.165, 1.54) is 18.6 Å². The first-order valence-corrected chi connectivity index (χ1v) is 10.7. The van der Waals surface area contributed by atoms with Gasteiger partial charge in [0.05, 0.1) is 21.8 Å². The van der Waals surface area contributed by atoms with E-state index in [1.54, 1.807) is 6.92 Å². The van der Waals surface area contributed by atoms with Crippen molar-refractivity contribution in [1.29, 1.82) is 0 Å². The third-order valence-electron chi connectivity index (χ3n) is 4.64. The number of amides is 1. The summed E-state index contributed by atoms with van der Waals surface area (Å²) in [6.07, 6.45) is -2.15. The Morgan fingerprint density at radius 1 is 1.24 bits per heavy atom. The van der Waals surface area contributed by atoms with E-state index in [0.717, 1.165) is 23.5 Å². The molecule has 1 atom stereocenters. The molecule has 0 radical (unpaired) electrons. The van der Waals surface area contributed by atoms with Crippen LogP contribution in [0.1, 0.15) is 55.6 Å². The lowest BCUT2D eigenvalue weighted by molar-refractivity contribution is -0.137. The number of benzene rings is 1. The molecule has 1 aromatic carbocycles. The van der Waals surface area contributed by atoms with Gasteiger partial charge < -0.3 is 16.8 Å². The first-order valence-electron chi connectivity index (χ1n) is 9.47. The Morgan fingerprint density at radius 3 is 2.64 bits per heavy atom. The number of nitrogens with one attached hydrogen (secondary N) is 1. The highest BCUT2D eigenvalue weighted by Gasteiger charge is 2.33. The minimum absolute atomic E-state index is 0.00441. The second kappa shape index (κ2) is 9.81. The molecule has 174 valence electrons. The van der Waals surface area contributed by atoms with Gasteiger partial charge in [-0.15, -0.1) is 11.3 Å². The molecule has 0 aliphatic heterocycles. The van der Waals surface area contributed by atoms with Crippen LogP contribution in [0.15, 0.2) is 30.7 Å². The van der Waals surface area contributed by atoms with E-state index in [4.69, 9.17) is 23.1 Å². The molecule has 2 heterocycles. The van der Waals surface area contributed by atoms with E-state index in [-0.39, 0.29) is 46.7 Å². The summed E-state index contributed by atoms with van der Waals surface area (Å²) in [6.45, 7) is 1.75. The molecule has 0 fully saturated rings. The fourth-order valence-corrected chi connectivity index (χ4v) is 4.05. The van der Waals surface area contributed by atoms with Gasteiger partial charge in [-0.25, -0.2) is 15.0 Å². The maximum Gasteiger partial charge on any atom is 0.417 e. The minimum atomic E-state index is -4.66. The van der Waals surface area contributed by atoms with Crippen molar-refractivity contribution in [2.24, 2.45) is 5.73 Å². The monoisotopic (exact) mass is 498 g/mol. The lowest BCUT2D eigenvalue weighted by Gasteiger charge is -2.11. The predicted octanol–water partition coefficient (Wildman–Crippen LogP) is 4.28. The van der Waals surface area contributed by atoms with Crippen molar-refractivity contribution < 1.29 is 22.8 Å². The molecule has 0 aliphatic rings. The first-order chi connectivity index (χ1) is 15.5. The number of carbonyl (C=O) groups is 2. The van der Waals surface area contributed by atoms with Crippen molar-refractivity contribution in [3.05, 3.63) is 62.5 Å². The normalized spacial score (nSPS) is 12.4. The molecule has 33 heavy (non-hydrogen) atoms. The fourth-order valence-electron chi connectivity index (χ4n) is 2.96. The van der Waals surface area contributed by atoms with Crippen LogP contribution in [0.3, 0.4) is 0 Å². The standard InChI is InChI=1S/C20H18ClF3N6O2S/c1-9(4-14(31)16-11(6-25)17(26)29-8-28-16)19-27-7-15(33-19)18(32)30-10-2-3-13(21)12(5-10)20(22,23)24/h2-3,5,7-9H,4,6,25H2,1H3,(H,30,32)(H2,26,28,29)/t9-/m0/s1. The zero-order chi connectivity index (χ0) is 24.3. The van der Waals surface area contributed by atoms with Crippen LogP contribution in [0, 0.1) is 0 Å². The van der Waals surface area contributed by atoms with E-state index in [9.17, 15) is 22.8 Å². The number of nitrogens with zero attached hydrogens (tertiary/aromatic N) is 3. The summed E-state index contributed by atoms with van der Waals surface area (Å²) in [7, 11) is 0. The molecular weight excluding hydrogens is 481 g/mol. The number of alkyl halides is 3. The number of Topliss-reactive ketones (excluding diaryl/α,β-unsaturated/α-hetero) is 1. The van der Waals surface area contributed by atoms with E-state index in [1.807, 2.05) is 0 Å². The number of nitrogens with two attached hydrogens (primary N) is 2. The minimum Gasteiger partial charge on any atom is -0.383 e. The Bertz CT molecular complexity index is 1200. The SMILES string of the molecule is C[C@@H](CC(=O)c1ncnc(N)c1CN)c1ncc(C(=O)Nc2ccc(Cl)c(C(F)(F)F)c2)s1. The summed E-state index contributed by atoms with van der Waals surface area (Å²) < 4.78 is 39.1. The maximum atomic E-state index is 13.0. The van der Waals surface area contributed by atoms with E-state index >= 15 is 0 Å². The van der Waals surface area contributed by atoms with Crippen molar-refractivity contribution in [1.82, 2.24) is 15.0 Å². The van der Waals surface area contributed by atoms with Gasteiger partial charge in [0.1, 0.15) is 22.7 Å². The molecule has 3 aromatic rings. The number of hydrogen-bond donors (Lipinski definition) is 3. The molecule has 0 saturated heterocycles. The van der Waals surface area contributed by atoms with Crippen LogP contribution in [-0.4, -0.2) is 26.6 Å². The summed E-state index contributed by atoms with van der Waals surface area (Å²) in [5.41, 5.74) is 10.8. The number of aromatic nitrogens is 3. The molecule has 2 aromatic heterocycles. The van der Waals surface area contributed by atoms with Crippen LogP contribution in [-0.2, 0) is 12.7 Å². The van der Waals surface area contributed by atoms with E-state index in [2.05, 4.69) is 20.3 Å². The summed E-state index contributed by atoms with van der Waals surface area (Å²) in [5.74, 6) is -1.17. The smallest absolute Gasteiger partial charge is 0.383 e. The topological polar surface area (TPSA) is 137 Å². The van der Waals surface area contributed by atoms with Gasteiger partial charge in [-0.3, -0.25) is 9.59 Å². The Morgan fingerprint density at radius 2 is 1.97 bits per heavy atom. The molecule has 8 nitrogen and oxygen atoms in total. The van der Waals surface area contributed by atoms with Gasteiger partial charge in [-0.2, -0.15) is 13.2 Å². The van der Waals surface area contributed by atoms with Crippen LogP contribution >= 0.6 is 22.9 Å². The zero-order valence-corrected chi connectivity index (χ0v) is 18.7. The molecule has 5 N–H and O–H groups in total. The summed E-state index contributed by atoms with van der Waals surface area (Å²) in [4.78, 5) is 37.3. The van der Waals surface area contributed by atoms with Crippen LogP contribution in [0.5, 0.6) is 0 Å². The van der Waals surface area contributed by atoms with Gasteiger partial charge in [0.25, 0.3) is 5.91 Å². The highest BCUT2D eigenvalue weighted by molar-refractivity contribution is 7.13. The van der Waals surface area contributed by atoms with E-state index < -0.39 is 22.7 Å². The molecule has 0 saturated carbocycles. The fraction of sp³-hybridized carbons (Fsp3) is 0.250. The second-order valence-electron chi connectivity index (χ2n) is 7.03. The lowest BCUT2D eigenvalue weighted by Crippen LogP contribution is -2.15. The Hall–Kier alpha value is -3.09. The van der Waals surface area contributed by atoms with Gasteiger partial charge >= 0.3 is 6.18 Å². The molecule has 3 rings (SSSR count). The van der Waals surface area contributed by atoms with Crippen molar-refractivity contribution in [3.8, 4) is 0 Å². The molecule has 0 spiro atoms. The number of rotatable bonds is 7. The molecule has 13 heteroatoms. The third-order valence-corrected chi connectivity index (χ3v) is 6.19. The van der Waals surface area contributed by atoms with Crippen LogP contribution < -0.4 is 16.8 Å². The van der Waals surface area contributed by atoms with Gasteiger partial charge in [-0.05, 0) is 18.2 Å². The largest absolute Gasteiger partial charge is 0.417 e. The number of anilines is 2. The molecular formula is C20H18ClF3N6O2S. The van der Waals surface area contributed by atoms with Gasteiger partial charge in [-0.1, -0.05) is 18.5 Å². The third kappa shape index (κ3) is 5.64. The Kier molecular flexibility index (Phi) is 7.30. The van der Waals surface area contributed by atoms with Gasteiger partial charge in [0.2, 0.25) is 0 Å². The molecule has 0 bridgehead atoms. The van der Waals surface area contributed by atoms with Crippen LogP contribution in [0.4, 0.5) is 24.7 Å². The quantitative estimate of drug-likeness (QED) is 0.413. The molecule has 0 unspecified atom stereocenters. The average molecular weight is 499 g/mol. The summed E-state index contributed by atoms with van der Waals surface area (Å²) in [5, 5.41) is 2.43. The Balaban J connectivity index is 1.71. The van der Waals surface area contributed by atoms with E-state index in [0.29, 0.717) is 10.6 Å². The highest BCUT2D eigenvalue weighted by atomic mass is 35.5. The lowest BCUT2D eigenvalue weighted by atomic mass is 10.0. The van der Waals surface area contributed by atoms with Crippen molar-refractivity contribution in [2.75, 3.05) is 11.1 Å². The number of nitrogen functional groups attached to an aromatic ring is 1. The number of halogens is 4.